The van der Waals surface area contributed by atoms with Gasteiger partial charge in [0.15, 0.2) is 0 Å². The summed E-state index contributed by atoms with van der Waals surface area (Å²) in [6.45, 7) is 3.67. The van der Waals surface area contributed by atoms with Crippen molar-refractivity contribution in [1.29, 1.82) is 0 Å². The number of carbonyl (C=O) groups excluding carboxylic acids is 2. The average Bonchev–Trinajstić information content (AvgIpc) is 2.39. The molecule has 0 aliphatic carbocycles. The number of hydrogen-bond acceptors (Lipinski definition) is 4. The molecule has 1 saturated heterocycles. The lowest BCUT2D eigenvalue weighted by Crippen LogP contribution is -2.47. The Morgan fingerprint density at radius 3 is 2.75 bits per heavy atom. The Bertz CT molecular complexity index is 360. The van der Waals surface area contributed by atoms with Gasteiger partial charge in [0.05, 0.1) is 12.5 Å². The first-order valence-electron chi connectivity index (χ1n) is 7.05. The number of imide groups is 1. The minimum Gasteiger partial charge on any atom is -0.481 e. The Labute approximate surface area is 118 Å². The lowest BCUT2D eigenvalue weighted by atomic mass is 9.98. The van der Waals surface area contributed by atoms with Crippen molar-refractivity contribution in [3.05, 3.63) is 0 Å². The third-order valence-corrected chi connectivity index (χ3v) is 3.29. The predicted molar refractivity (Wildman–Crippen MR) is 73.2 cm³/mol. The van der Waals surface area contributed by atoms with Gasteiger partial charge in [0, 0.05) is 13.1 Å². The molecule has 1 aliphatic heterocycles. The van der Waals surface area contributed by atoms with E-state index in [-0.39, 0.29) is 6.54 Å². The van der Waals surface area contributed by atoms with E-state index < -0.39 is 23.8 Å². The maximum Gasteiger partial charge on any atom is 0.321 e. The molecule has 0 bridgehead atoms. The van der Waals surface area contributed by atoms with Crippen molar-refractivity contribution in [2.45, 2.75) is 32.6 Å². The smallest absolute Gasteiger partial charge is 0.321 e. The highest BCUT2D eigenvalue weighted by atomic mass is 16.4. The van der Waals surface area contributed by atoms with Crippen molar-refractivity contribution in [2.75, 3.05) is 26.2 Å². The van der Waals surface area contributed by atoms with E-state index >= 15 is 0 Å². The van der Waals surface area contributed by atoms with Gasteiger partial charge < -0.3 is 10.4 Å². The van der Waals surface area contributed by atoms with Crippen LogP contribution in [0.15, 0.2) is 0 Å². The second-order valence-corrected chi connectivity index (χ2v) is 5.07. The van der Waals surface area contributed by atoms with Crippen LogP contribution in [0.25, 0.3) is 0 Å². The molecule has 1 aliphatic rings. The lowest BCUT2D eigenvalue weighted by Gasteiger charge is -2.29. The first-order valence-corrected chi connectivity index (χ1v) is 7.05. The molecule has 7 heteroatoms. The van der Waals surface area contributed by atoms with Gasteiger partial charge in [-0.25, -0.2) is 4.79 Å². The van der Waals surface area contributed by atoms with Gasteiger partial charge in [-0.15, -0.1) is 0 Å². The highest BCUT2D eigenvalue weighted by Gasteiger charge is 2.26. The van der Waals surface area contributed by atoms with E-state index in [1.165, 1.54) is 0 Å². The van der Waals surface area contributed by atoms with Crippen molar-refractivity contribution < 1.29 is 19.5 Å². The average molecular weight is 285 g/mol. The molecule has 0 spiro atoms. The van der Waals surface area contributed by atoms with Crippen LogP contribution in [0.5, 0.6) is 0 Å². The molecule has 0 radical (unpaired) electrons. The summed E-state index contributed by atoms with van der Waals surface area (Å²) >= 11 is 0. The molecular formula is C13H23N3O4. The van der Waals surface area contributed by atoms with Crippen LogP contribution in [0.3, 0.4) is 0 Å². The normalized spacial score (nSPS) is 19.4. The molecule has 1 atom stereocenters. The van der Waals surface area contributed by atoms with Gasteiger partial charge in [0.2, 0.25) is 5.91 Å². The van der Waals surface area contributed by atoms with Crippen LogP contribution in [0.2, 0.25) is 0 Å². The van der Waals surface area contributed by atoms with Crippen LogP contribution in [-0.4, -0.2) is 54.1 Å². The SMILES string of the molecule is CCCCNC(=O)NC(=O)CN1CCCC(C(=O)O)C1. The number of amides is 3. The van der Waals surface area contributed by atoms with Gasteiger partial charge >= 0.3 is 12.0 Å². The van der Waals surface area contributed by atoms with Crippen molar-refractivity contribution in [1.82, 2.24) is 15.5 Å². The Morgan fingerprint density at radius 2 is 2.10 bits per heavy atom. The quantitative estimate of drug-likeness (QED) is 0.614. The molecule has 1 rings (SSSR count). The fraction of sp³-hybridized carbons (Fsp3) is 0.769. The first kappa shape index (κ1) is 16.4. The minimum atomic E-state index is -0.826. The van der Waals surface area contributed by atoms with Gasteiger partial charge in [-0.05, 0) is 25.8 Å². The van der Waals surface area contributed by atoms with E-state index in [0.29, 0.717) is 26.1 Å². The lowest BCUT2D eigenvalue weighted by molar-refractivity contribution is -0.144. The number of rotatable bonds is 6. The number of piperidine rings is 1. The number of carbonyl (C=O) groups is 3. The van der Waals surface area contributed by atoms with Crippen molar-refractivity contribution in [3.63, 3.8) is 0 Å². The first-order chi connectivity index (χ1) is 9.52. The summed E-state index contributed by atoms with van der Waals surface area (Å²) in [5, 5.41) is 13.8. The molecule has 0 saturated carbocycles. The van der Waals surface area contributed by atoms with Gasteiger partial charge in [-0.2, -0.15) is 0 Å². The molecule has 0 aromatic rings. The molecule has 3 amide bonds. The molecule has 0 aromatic heterocycles. The molecule has 20 heavy (non-hydrogen) atoms. The second kappa shape index (κ2) is 8.52. The molecule has 3 N–H and O–H groups in total. The topological polar surface area (TPSA) is 98.7 Å². The number of aliphatic carboxylic acids is 1. The van der Waals surface area contributed by atoms with E-state index in [0.717, 1.165) is 19.3 Å². The maximum atomic E-state index is 11.7. The van der Waals surface area contributed by atoms with Gasteiger partial charge in [-0.3, -0.25) is 19.8 Å². The zero-order valence-corrected chi connectivity index (χ0v) is 11.9. The zero-order valence-electron chi connectivity index (χ0n) is 11.9. The third-order valence-electron chi connectivity index (χ3n) is 3.29. The Hall–Kier alpha value is -1.63. The molecule has 1 heterocycles. The van der Waals surface area contributed by atoms with E-state index in [4.69, 9.17) is 5.11 Å². The summed E-state index contributed by atoms with van der Waals surface area (Å²) in [6.07, 6.45) is 3.24. The molecule has 7 nitrogen and oxygen atoms in total. The monoisotopic (exact) mass is 285 g/mol. The van der Waals surface area contributed by atoms with Crippen LogP contribution in [0.4, 0.5) is 4.79 Å². The molecule has 1 unspecified atom stereocenters. The summed E-state index contributed by atoms with van der Waals surface area (Å²) in [7, 11) is 0. The van der Waals surface area contributed by atoms with Gasteiger partial charge in [-0.1, -0.05) is 13.3 Å². The Balaban J connectivity index is 2.27. The molecule has 1 fully saturated rings. The van der Waals surface area contributed by atoms with Crippen molar-refractivity contribution in [3.8, 4) is 0 Å². The Morgan fingerprint density at radius 1 is 1.35 bits per heavy atom. The fourth-order valence-electron chi connectivity index (χ4n) is 2.19. The summed E-state index contributed by atoms with van der Waals surface area (Å²) in [5.41, 5.74) is 0. The highest BCUT2D eigenvalue weighted by Crippen LogP contribution is 2.15. The number of hydrogen-bond donors (Lipinski definition) is 3. The van der Waals surface area contributed by atoms with E-state index in [2.05, 4.69) is 10.6 Å². The summed E-state index contributed by atoms with van der Waals surface area (Å²) < 4.78 is 0. The van der Waals surface area contributed by atoms with Gasteiger partial charge in [0.1, 0.15) is 0 Å². The molecule has 0 aromatic carbocycles. The fourth-order valence-corrected chi connectivity index (χ4v) is 2.19. The second-order valence-electron chi connectivity index (χ2n) is 5.07. The van der Waals surface area contributed by atoms with Crippen molar-refractivity contribution >= 4 is 17.9 Å². The minimum absolute atomic E-state index is 0.0605. The number of carboxylic acids is 1. The summed E-state index contributed by atoms with van der Waals surface area (Å²) in [4.78, 5) is 35.8. The summed E-state index contributed by atoms with van der Waals surface area (Å²) in [5.74, 6) is -1.65. The Kier molecular flexibility index (Phi) is 7.00. The number of nitrogens with zero attached hydrogens (tertiary/aromatic N) is 1. The maximum absolute atomic E-state index is 11.7. The zero-order chi connectivity index (χ0) is 15.0. The van der Waals surface area contributed by atoms with Crippen molar-refractivity contribution in [2.24, 2.45) is 5.92 Å². The van der Waals surface area contributed by atoms with Crippen LogP contribution in [-0.2, 0) is 9.59 Å². The van der Waals surface area contributed by atoms with Crippen LogP contribution < -0.4 is 10.6 Å². The van der Waals surface area contributed by atoms with Crippen LogP contribution >= 0.6 is 0 Å². The van der Waals surface area contributed by atoms with Crippen LogP contribution in [0.1, 0.15) is 32.6 Å². The standard InChI is InChI=1S/C13H23N3O4/c1-2-3-6-14-13(20)15-11(17)9-16-7-4-5-10(8-16)12(18)19/h10H,2-9H2,1H3,(H,18,19)(H2,14,15,17,20). The molecule has 114 valence electrons. The van der Waals surface area contributed by atoms with E-state index in [9.17, 15) is 14.4 Å². The number of unbranched alkanes of at least 4 members (excludes halogenated alkanes) is 1. The molecular weight excluding hydrogens is 262 g/mol. The third kappa shape index (κ3) is 6.01. The van der Waals surface area contributed by atoms with E-state index in [1.54, 1.807) is 4.90 Å². The number of carboxylic acid groups (broad SMARTS) is 1. The van der Waals surface area contributed by atoms with Crippen LogP contribution in [0, 0.1) is 5.92 Å². The number of nitrogens with one attached hydrogen (secondary N) is 2. The largest absolute Gasteiger partial charge is 0.481 e. The predicted octanol–water partition coefficient (Wildman–Crippen LogP) is 0.409. The van der Waals surface area contributed by atoms with Gasteiger partial charge in [0.25, 0.3) is 0 Å². The number of urea groups is 1. The highest BCUT2D eigenvalue weighted by molar-refractivity contribution is 5.95. The number of likely N-dealkylation sites (tertiary alicyclic amines) is 1. The van der Waals surface area contributed by atoms with E-state index in [1.807, 2.05) is 6.92 Å². The summed E-state index contributed by atoms with van der Waals surface area (Å²) in [6, 6.07) is -0.491.